The lowest BCUT2D eigenvalue weighted by atomic mass is 10.1. The molecule has 0 atom stereocenters. The van der Waals surface area contributed by atoms with Crippen LogP contribution in [0.4, 0.5) is 0 Å². The van der Waals surface area contributed by atoms with Gasteiger partial charge in [-0.2, -0.15) is 0 Å². The van der Waals surface area contributed by atoms with Gasteiger partial charge in [-0.15, -0.1) is 0 Å². The first kappa shape index (κ1) is 9.48. The molecule has 1 nitrogen and oxygen atoms in total. The third kappa shape index (κ3) is 3.69. The third-order valence-electron chi connectivity index (χ3n) is 1.70. The molecule has 0 spiro atoms. The summed E-state index contributed by atoms with van der Waals surface area (Å²) in [5, 5.41) is 0. The minimum absolute atomic E-state index is 0.625. The molecule has 2 heteroatoms. The Labute approximate surface area is 76.7 Å². The van der Waals surface area contributed by atoms with Gasteiger partial charge in [0.05, 0.1) is 0 Å². The lowest BCUT2D eigenvalue weighted by Crippen LogP contribution is -1.97. The molecule has 0 aromatic heterocycles. The number of hydrogen-bond donors (Lipinski definition) is 0. The maximum Gasteiger partial charge on any atom is 0.226 e. The molecule has 0 aliphatic rings. The minimum Gasteiger partial charge on any atom is -0.418 e. The van der Waals surface area contributed by atoms with Crippen LogP contribution in [0.15, 0.2) is 30.3 Å². The van der Waals surface area contributed by atoms with E-state index in [1.807, 2.05) is 6.07 Å². The average Bonchev–Trinajstić information content (AvgIpc) is 2.14. The Morgan fingerprint density at radius 1 is 1.25 bits per heavy atom. The van der Waals surface area contributed by atoms with E-state index in [4.69, 9.17) is 4.43 Å². The van der Waals surface area contributed by atoms with Crippen LogP contribution in [0, 0.1) is 0 Å². The highest BCUT2D eigenvalue weighted by atomic mass is 28.2. The van der Waals surface area contributed by atoms with Gasteiger partial charge in [0, 0.05) is 6.61 Å². The normalized spacial score (nSPS) is 10.1. The molecule has 64 valence electrons. The second-order valence-electron chi connectivity index (χ2n) is 2.64. The smallest absolute Gasteiger partial charge is 0.226 e. The molecule has 0 fully saturated rings. The van der Waals surface area contributed by atoms with Crippen molar-refractivity contribution in [2.75, 3.05) is 6.61 Å². The predicted octanol–water partition coefficient (Wildman–Crippen LogP) is 2.30. The molecule has 1 aromatic carbocycles. The summed E-state index contributed by atoms with van der Waals surface area (Å²) in [6.45, 7) is 2.95. The van der Waals surface area contributed by atoms with Gasteiger partial charge in [0.25, 0.3) is 0 Å². The van der Waals surface area contributed by atoms with Crippen molar-refractivity contribution < 1.29 is 4.43 Å². The number of rotatable bonds is 5. The van der Waals surface area contributed by atoms with Crippen LogP contribution in [0.2, 0.25) is 6.55 Å². The number of aryl methyl sites for hydroxylation is 1. The molecule has 2 radical (unpaired) electrons. The van der Waals surface area contributed by atoms with Crippen molar-refractivity contribution in [2.45, 2.75) is 19.4 Å². The van der Waals surface area contributed by atoms with Gasteiger partial charge in [-0.3, -0.25) is 0 Å². The fraction of sp³-hybridized carbons (Fsp3) is 0.400. The summed E-state index contributed by atoms with van der Waals surface area (Å²) in [4.78, 5) is 0. The van der Waals surface area contributed by atoms with Crippen molar-refractivity contribution in [1.29, 1.82) is 0 Å². The van der Waals surface area contributed by atoms with Crippen molar-refractivity contribution in [2.24, 2.45) is 0 Å². The van der Waals surface area contributed by atoms with Gasteiger partial charge in [0.1, 0.15) is 0 Å². The molecule has 0 bridgehead atoms. The highest BCUT2D eigenvalue weighted by Crippen LogP contribution is 2.01. The fourth-order valence-corrected chi connectivity index (χ4v) is 1.44. The van der Waals surface area contributed by atoms with Gasteiger partial charge in [0.15, 0.2) is 0 Å². The Kier molecular flexibility index (Phi) is 4.72. The van der Waals surface area contributed by atoms with Gasteiger partial charge >= 0.3 is 0 Å². The summed E-state index contributed by atoms with van der Waals surface area (Å²) in [5.41, 5.74) is 1.40. The molecule has 0 aliphatic heterocycles. The van der Waals surface area contributed by atoms with Gasteiger partial charge < -0.3 is 4.43 Å². The lowest BCUT2D eigenvalue weighted by Gasteiger charge is -2.00. The van der Waals surface area contributed by atoms with Crippen LogP contribution in [0.3, 0.4) is 0 Å². The Morgan fingerprint density at radius 2 is 2.00 bits per heavy atom. The third-order valence-corrected chi connectivity index (χ3v) is 2.19. The SMILES string of the molecule is C[Si]OCCCc1ccccc1. The van der Waals surface area contributed by atoms with Crippen LogP contribution < -0.4 is 0 Å². The van der Waals surface area contributed by atoms with E-state index in [-0.39, 0.29) is 0 Å². The molecule has 0 saturated heterocycles. The molecular formula is C10H14OSi. The van der Waals surface area contributed by atoms with E-state index in [0.29, 0.717) is 9.76 Å². The molecule has 1 aromatic rings. The molecular weight excluding hydrogens is 164 g/mol. The van der Waals surface area contributed by atoms with Gasteiger partial charge in [-0.25, -0.2) is 0 Å². The second-order valence-corrected chi connectivity index (χ2v) is 3.34. The first-order valence-corrected chi connectivity index (χ1v) is 5.67. The van der Waals surface area contributed by atoms with Crippen molar-refractivity contribution in [3.05, 3.63) is 35.9 Å². The zero-order valence-corrected chi connectivity index (χ0v) is 8.42. The van der Waals surface area contributed by atoms with E-state index in [0.717, 1.165) is 19.4 Å². The quantitative estimate of drug-likeness (QED) is 0.496. The lowest BCUT2D eigenvalue weighted by molar-refractivity contribution is 0.331. The minimum atomic E-state index is 0.625. The van der Waals surface area contributed by atoms with Crippen LogP contribution in [0.25, 0.3) is 0 Å². The van der Waals surface area contributed by atoms with Crippen LogP contribution in [-0.2, 0) is 10.8 Å². The summed E-state index contributed by atoms with van der Waals surface area (Å²) in [5.74, 6) is 0. The first-order chi connectivity index (χ1) is 5.93. The zero-order valence-electron chi connectivity index (χ0n) is 7.42. The highest BCUT2D eigenvalue weighted by Gasteiger charge is 1.90. The maximum absolute atomic E-state index is 5.28. The zero-order chi connectivity index (χ0) is 8.65. The number of benzene rings is 1. The van der Waals surface area contributed by atoms with Gasteiger partial charge in [0.2, 0.25) is 9.76 Å². The van der Waals surface area contributed by atoms with E-state index >= 15 is 0 Å². The Balaban J connectivity index is 2.16. The predicted molar refractivity (Wildman–Crippen MR) is 52.3 cm³/mol. The van der Waals surface area contributed by atoms with E-state index in [2.05, 4.69) is 30.8 Å². The monoisotopic (exact) mass is 178 g/mol. The van der Waals surface area contributed by atoms with Gasteiger partial charge in [-0.05, 0) is 25.0 Å². The van der Waals surface area contributed by atoms with E-state index in [1.54, 1.807) is 0 Å². The first-order valence-electron chi connectivity index (χ1n) is 4.26. The van der Waals surface area contributed by atoms with Crippen molar-refractivity contribution in [3.8, 4) is 0 Å². The second kappa shape index (κ2) is 5.97. The van der Waals surface area contributed by atoms with E-state index in [9.17, 15) is 0 Å². The van der Waals surface area contributed by atoms with Crippen LogP contribution in [0.1, 0.15) is 12.0 Å². The summed E-state index contributed by atoms with van der Waals surface area (Å²) in [6, 6.07) is 10.5. The van der Waals surface area contributed by atoms with Crippen LogP contribution in [0.5, 0.6) is 0 Å². The molecule has 12 heavy (non-hydrogen) atoms. The molecule has 0 N–H and O–H groups in total. The largest absolute Gasteiger partial charge is 0.418 e. The fourth-order valence-electron chi connectivity index (χ4n) is 1.10. The molecule has 1 rings (SSSR count). The van der Waals surface area contributed by atoms with Gasteiger partial charge in [-0.1, -0.05) is 30.3 Å². The summed E-state index contributed by atoms with van der Waals surface area (Å²) < 4.78 is 5.28. The highest BCUT2D eigenvalue weighted by molar-refractivity contribution is 6.24. The number of hydrogen-bond acceptors (Lipinski definition) is 1. The molecule has 0 aliphatic carbocycles. The van der Waals surface area contributed by atoms with Crippen molar-refractivity contribution in [1.82, 2.24) is 0 Å². The van der Waals surface area contributed by atoms with Crippen molar-refractivity contribution >= 4 is 9.76 Å². The maximum atomic E-state index is 5.28. The summed E-state index contributed by atoms with van der Waals surface area (Å²) >= 11 is 0. The molecule has 0 heterocycles. The molecule has 0 amide bonds. The Hall–Kier alpha value is -0.603. The van der Waals surface area contributed by atoms with Crippen molar-refractivity contribution in [3.63, 3.8) is 0 Å². The average molecular weight is 178 g/mol. The standard InChI is InChI=1S/C10H14OSi/c1-12-11-9-5-8-10-6-3-2-4-7-10/h2-4,6-7H,5,8-9H2,1H3. The van der Waals surface area contributed by atoms with E-state index in [1.165, 1.54) is 5.56 Å². The Bertz CT molecular complexity index is 198. The van der Waals surface area contributed by atoms with Crippen LogP contribution >= 0.6 is 0 Å². The molecule has 0 saturated carbocycles. The van der Waals surface area contributed by atoms with Crippen LogP contribution in [-0.4, -0.2) is 16.4 Å². The Morgan fingerprint density at radius 3 is 2.67 bits per heavy atom. The summed E-state index contributed by atoms with van der Waals surface area (Å²) in [7, 11) is 0.625. The summed E-state index contributed by atoms with van der Waals surface area (Å²) in [6.07, 6.45) is 2.26. The van der Waals surface area contributed by atoms with E-state index < -0.39 is 0 Å². The topological polar surface area (TPSA) is 9.23 Å². The molecule has 0 unspecified atom stereocenters.